The highest BCUT2D eigenvalue weighted by Crippen LogP contribution is 2.66. The molecule has 3 unspecified atom stereocenters. The summed E-state index contributed by atoms with van der Waals surface area (Å²) in [5, 5.41) is 0. The highest BCUT2D eigenvalue weighted by atomic mass is 16.5. The van der Waals surface area contributed by atoms with Crippen molar-refractivity contribution < 1.29 is 4.74 Å². The number of pyridine rings is 1. The molecule has 1 aromatic rings. The normalized spacial score (nSPS) is 34.4. The van der Waals surface area contributed by atoms with Gasteiger partial charge in [0.25, 0.3) is 0 Å². The Balaban J connectivity index is 1.65. The Morgan fingerprint density at radius 3 is 2.70 bits per heavy atom. The number of aromatic nitrogens is 1. The molecule has 2 fully saturated rings. The van der Waals surface area contributed by atoms with Gasteiger partial charge < -0.3 is 10.2 Å². The number of nitrogen functional groups attached to an aromatic ring is 1. The average molecular weight is 275 g/mol. The molecule has 0 radical (unpaired) electrons. The van der Waals surface area contributed by atoms with E-state index in [0.717, 1.165) is 11.5 Å². The smallest absolute Gasteiger partial charge is 0.139 e. The van der Waals surface area contributed by atoms with Crippen molar-refractivity contribution >= 4 is 5.82 Å². The zero-order valence-electron chi connectivity index (χ0n) is 12.6. The molecule has 0 aromatic carbocycles. The first-order valence-corrected chi connectivity index (χ1v) is 7.50. The van der Waals surface area contributed by atoms with Crippen LogP contribution in [0.4, 0.5) is 5.82 Å². The fraction of sp³-hybridized carbons (Fsp3) is 0.688. The number of hydrogen-bond acceptors (Lipinski definition) is 4. The Bertz CT molecular complexity index is 485. The van der Waals surface area contributed by atoms with Gasteiger partial charge in [-0.25, -0.2) is 10.8 Å². The molecule has 2 saturated carbocycles. The molecule has 1 heterocycles. The van der Waals surface area contributed by atoms with E-state index in [2.05, 4.69) is 31.2 Å². The molecule has 2 aliphatic rings. The first kappa shape index (κ1) is 13.8. The largest absolute Gasteiger partial charge is 0.373 e. The summed E-state index contributed by atoms with van der Waals surface area (Å²) < 4.78 is 6.24. The van der Waals surface area contributed by atoms with E-state index in [0.29, 0.717) is 29.4 Å². The van der Waals surface area contributed by atoms with Gasteiger partial charge in [0.15, 0.2) is 0 Å². The second kappa shape index (κ2) is 4.71. The van der Waals surface area contributed by atoms with E-state index in [1.54, 1.807) is 0 Å². The summed E-state index contributed by atoms with van der Waals surface area (Å²) in [6, 6.07) is 3.90. The van der Waals surface area contributed by atoms with E-state index in [9.17, 15) is 0 Å². The standard InChI is InChI=1S/C16H25N3O/c1-15(2)12-6-7-16(15,3)13(8-12)20-10-11-4-5-14(19-17)18-9-11/h4-5,9,12-13H,6-8,10,17H2,1-3H3,(H,18,19). The van der Waals surface area contributed by atoms with Crippen LogP contribution in [0, 0.1) is 16.7 Å². The molecule has 2 bridgehead atoms. The number of hydrogen-bond donors (Lipinski definition) is 2. The molecule has 0 aliphatic heterocycles. The van der Waals surface area contributed by atoms with Gasteiger partial charge >= 0.3 is 0 Å². The van der Waals surface area contributed by atoms with E-state index in [-0.39, 0.29) is 0 Å². The minimum atomic E-state index is 0.323. The SMILES string of the molecule is CC1(C)C2CCC1(C)C(OCc1ccc(NN)nc1)C2. The van der Waals surface area contributed by atoms with Crippen LogP contribution >= 0.6 is 0 Å². The van der Waals surface area contributed by atoms with Crippen molar-refractivity contribution in [3.05, 3.63) is 23.9 Å². The zero-order valence-corrected chi connectivity index (χ0v) is 12.6. The molecule has 3 rings (SSSR count). The van der Waals surface area contributed by atoms with Crippen molar-refractivity contribution in [1.82, 2.24) is 4.98 Å². The Kier molecular flexibility index (Phi) is 3.26. The average Bonchev–Trinajstić information content (AvgIpc) is 2.78. The maximum absolute atomic E-state index is 6.24. The van der Waals surface area contributed by atoms with Gasteiger partial charge in [-0.2, -0.15) is 0 Å². The molecule has 20 heavy (non-hydrogen) atoms. The molecule has 110 valence electrons. The predicted molar refractivity (Wildman–Crippen MR) is 79.9 cm³/mol. The first-order valence-electron chi connectivity index (χ1n) is 7.50. The van der Waals surface area contributed by atoms with Crippen molar-refractivity contribution in [1.29, 1.82) is 0 Å². The van der Waals surface area contributed by atoms with Crippen LogP contribution in [0.25, 0.3) is 0 Å². The maximum Gasteiger partial charge on any atom is 0.139 e. The quantitative estimate of drug-likeness (QED) is 0.655. The van der Waals surface area contributed by atoms with Crippen molar-refractivity contribution in [3.8, 4) is 0 Å². The number of fused-ring (bicyclic) bond motifs is 2. The summed E-state index contributed by atoms with van der Waals surface area (Å²) in [4.78, 5) is 4.22. The summed E-state index contributed by atoms with van der Waals surface area (Å²) >= 11 is 0. The maximum atomic E-state index is 6.24. The molecule has 2 aliphatic carbocycles. The summed E-state index contributed by atoms with van der Waals surface area (Å²) in [6.45, 7) is 7.87. The number of nitrogens with zero attached hydrogens (tertiary/aromatic N) is 1. The predicted octanol–water partition coefficient (Wildman–Crippen LogP) is 3.10. The van der Waals surface area contributed by atoms with Crippen LogP contribution in [-0.2, 0) is 11.3 Å². The summed E-state index contributed by atoms with van der Waals surface area (Å²) in [5.41, 5.74) is 4.37. The third-order valence-electron chi connectivity index (χ3n) is 6.14. The van der Waals surface area contributed by atoms with E-state index < -0.39 is 0 Å². The van der Waals surface area contributed by atoms with Crippen molar-refractivity contribution in [2.45, 2.75) is 52.7 Å². The second-order valence-corrected chi connectivity index (χ2v) is 7.11. The molecule has 3 N–H and O–H groups in total. The lowest BCUT2D eigenvalue weighted by atomic mass is 9.70. The molecule has 0 amide bonds. The van der Waals surface area contributed by atoms with Crippen LogP contribution in [0.2, 0.25) is 0 Å². The third-order valence-corrected chi connectivity index (χ3v) is 6.14. The summed E-state index contributed by atoms with van der Waals surface area (Å²) in [7, 11) is 0. The van der Waals surface area contributed by atoms with Gasteiger partial charge in [0.1, 0.15) is 5.82 Å². The fourth-order valence-electron chi connectivity index (χ4n) is 4.17. The Hall–Kier alpha value is -1.13. The van der Waals surface area contributed by atoms with Crippen LogP contribution in [0.5, 0.6) is 0 Å². The van der Waals surface area contributed by atoms with Gasteiger partial charge in [0.2, 0.25) is 0 Å². The topological polar surface area (TPSA) is 60.2 Å². The van der Waals surface area contributed by atoms with Gasteiger partial charge in [0.05, 0.1) is 12.7 Å². The van der Waals surface area contributed by atoms with Crippen molar-refractivity contribution in [2.75, 3.05) is 5.43 Å². The molecule has 0 spiro atoms. The van der Waals surface area contributed by atoms with Gasteiger partial charge in [-0.1, -0.05) is 26.8 Å². The Morgan fingerprint density at radius 2 is 2.20 bits per heavy atom. The van der Waals surface area contributed by atoms with E-state index >= 15 is 0 Å². The number of anilines is 1. The summed E-state index contributed by atoms with van der Waals surface area (Å²) in [6.07, 6.45) is 6.07. The second-order valence-electron chi connectivity index (χ2n) is 7.11. The number of hydrazine groups is 1. The van der Waals surface area contributed by atoms with Gasteiger partial charge in [-0.05, 0) is 47.6 Å². The van der Waals surface area contributed by atoms with Crippen LogP contribution in [0.15, 0.2) is 18.3 Å². The molecule has 3 atom stereocenters. The minimum absolute atomic E-state index is 0.323. The third kappa shape index (κ3) is 1.93. The van der Waals surface area contributed by atoms with Crippen LogP contribution in [0.3, 0.4) is 0 Å². The molecular weight excluding hydrogens is 250 g/mol. The van der Waals surface area contributed by atoms with E-state index in [1.165, 1.54) is 19.3 Å². The lowest BCUT2D eigenvalue weighted by molar-refractivity contribution is -0.0551. The zero-order chi connectivity index (χ0) is 14.4. The Labute approximate surface area is 121 Å². The number of rotatable bonds is 4. The highest BCUT2D eigenvalue weighted by molar-refractivity contribution is 5.33. The van der Waals surface area contributed by atoms with Crippen molar-refractivity contribution in [3.63, 3.8) is 0 Å². The fourth-order valence-corrected chi connectivity index (χ4v) is 4.17. The van der Waals surface area contributed by atoms with Gasteiger partial charge in [0, 0.05) is 6.20 Å². The molecule has 4 heteroatoms. The number of ether oxygens (including phenoxy) is 1. The van der Waals surface area contributed by atoms with Crippen molar-refractivity contribution in [2.24, 2.45) is 22.6 Å². The van der Waals surface area contributed by atoms with Crippen LogP contribution in [-0.4, -0.2) is 11.1 Å². The Morgan fingerprint density at radius 1 is 1.40 bits per heavy atom. The molecular formula is C16H25N3O. The van der Waals surface area contributed by atoms with Crippen LogP contribution < -0.4 is 11.3 Å². The molecule has 0 saturated heterocycles. The monoisotopic (exact) mass is 275 g/mol. The molecule has 1 aromatic heterocycles. The highest BCUT2D eigenvalue weighted by Gasteiger charge is 2.61. The molecule has 4 nitrogen and oxygen atoms in total. The lowest BCUT2D eigenvalue weighted by Gasteiger charge is -2.38. The van der Waals surface area contributed by atoms with Gasteiger partial charge in [-0.15, -0.1) is 0 Å². The van der Waals surface area contributed by atoms with Gasteiger partial charge in [-0.3, -0.25) is 0 Å². The first-order chi connectivity index (χ1) is 9.47. The van der Waals surface area contributed by atoms with Crippen LogP contribution in [0.1, 0.15) is 45.6 Å². The minimum Gasteiger partial charge on any atom is -0.373 e. The van der Waals surface area contributed by atoms with E-state index in [1.807, 2.05) is 18.3 Å². The number of nitrogens with two attached hydrogens (primary N) is 1. The van der Waals surface area contributed by atoms with E-state index in [4.69, 9.17) is 10.6 Å². The number of nitrogens with one attached hydrogen (secondary N) is 1. The summed E-state index contributed by atoms with van der Waals surface area (Å²) in [5.74, 6) is 6.82. The lowest BCUT2D eigenvalue weighted by Crippen LogP contribution is -2.37.